The SMILES string of the molecule is NC(=O)C1[NH+]=CP([C@@H]2O[C@H](CO)[C@@H](O)[C@H]2O)C1N. The highest BCUT2D eigenvalue weighted by molar-refractivity contribution is 7.73. The average molecular weight is 278 g/mol. The van der Waals surface area contributed by atoms with E-state index in [9.17, 15) is 15.0 Å². The van der Waals surface area contributed by atoms with Crippen molar-refractivity contribution in [2.75, 3.05) is 6.61 Å². The highest BCUT2D eigenvalue weighted by Gasteiger charge is 2.52. The molecule has 8 nitrogen and oxygen atoms in total. The van der Waals surface area contributed by atoms with Crippen molar-refractivity contribution < 1.29 is 29.8 Å². The maximum Gasteiger partial charge on any atom is 0.288 e. The number of rotatable bonds is 3. The van der Waals surface area contributed by atoms with Gasteiger partial charge in [0.05, 0.1) is 6.61 Å². The van der Waals surface area contributed by atoms with Crippen molar-refractivity contribution in [2.45, 2.75) is 36.0 Å². The van der Waals surface area contributed by atoms with E-state index in [1.807, 2.05) is 0 Å². The Kier molecular flexibility index (Phi) is 3.96. The lowest BCUT2D eigenvalue weighted by atomic mass is 10.2. The molecule has 0 radical (unpaired) electrons. The summed E-state index contributed by atoms with van der Waals surface area (Å²) in [7, 11) is -1.18. The van der Waals surface area contributed by atoms with E-state index < -0.39 is 49.8 Å². The van der Waals surface area contributed by atoms with Crippen molar-refractivity contribution in [3.63, 3.8) is 0 Å². The van der Waals surface area contributed by atoms with Gasteiger partial charge in [0.2, 0.25) is 6.04 Å². The van der Waals surface area contributed by atoms with E-state index in [0.717, 1.165) is 0 Å². The second kappa shape index (κ2) is 5.16. The predicted octanol–water partition coefficient (Wildman–Crippen LogP) is -4.83. The van der Waals surface area contributed by atoms with E-state index in [0.29, 0.717) is 0 Å². The Bertz CT molecular complexity index is 368. The quantitative estimate of drug-likeness (QED) is 0.285. The normalized spacial score (nSPS) is 47.7. The lowest BCUT2D eigenvalue weighted by molar-refractivity contribution is -0.474. The third kappa shape index (κ3) is 2.16. The summed E-state index contributed by atoms with van der Waals surface area (Å²) >= 11 is 0. The summed E-state index contributed by atoms with van der Waals surface area (Å²) in [6.07, 6.45) is -3.12. The van der Waals surface area contributed by atoms with Crippen molar-refractivity contribution in [2.24, 2.45) is 11.5 Å². The van der Waals surface area contributed by atoms with Gasteiger partial charge in [-0.1, -0.05) is 0 Å². The van der Waals surface area contributed by atoms with Crippen molar-refractivity contribution >= 4 is 19.8 Å². The summed E-state index contributed by atoms with van der Waals surface area (Å²) in [5, 5.41) is 28.5. The van der Waals surface area contributed by atoms with Gasteiger partial charge in [0.1, 0.15) is 29.9 Å². The number of aliphatic hydroxyl groups is 3. The first-order valence-electron chi connectivity index (χ1n) is 5.51. The fourth-order valence-electron chi connectivity index (χ4n) is 2.14. The molecule has 2 rings (SSSR count). The second-order valence-electron chi connectivity index (χ2n) is 4.34. The number of hydrogen-bond acceptors (Lipinski definition) is 6. The zero-order valence-electron chi connectivity index (χ0n) is 9.51. The number of nitrogens with two attached hydrogens (primary N) is 2. The molecule has 18 heavy (non-hydrogen) atoms. The van der Waals surface area contributed by atoms with E-state index in [4.69, 9.17) is 21.3 Å². The Morgan fingerprint density at radius 3 is 2.56 bits per heavy atom. The first-order chi connectivity index (χ1) is 8.47. The third-order valence-electron chi connectivity index (χ3n) is 3.21. The topological polar surface area (TPSA) is 153 Å². The third-order valence-corrected chi connectivity index (χ3v) is 5.66. The highest BCUT2D eigenvalue weighted by Crippen LogP contribution is 2.49. The maximum atomic E-state index is 11.1. The average Bonchev–Trinajstić information content (AvgIpc) is 2.82. The number of nitrogens with one attached hydrogen (secondary N) is 1. The molecule has 9 heteroatoms. The van der Waals surface area contributed by atoms with Gasteiger partial charge >= 0.3 is 0 Å². The molecule has 1 amide bonds. The van der Waals surface area contributed by atoms with Crippen LogP contribution in [0.15, 0.2) is 0 Å². The van der Waals surface area contributed by atoms with Crippen LogP contribution in [0.5, 0.6) is 0 Å². The minimum Gasteiger partial charge on any atom is -0.394 e. The van der Waals surface area contributed by atoms with E-state index in [2.05, 4.69) is 4.99 Å². The van der Waals surface area contributed by atoms with Crippen molar-refractivity contribution in [1.29, 1.82) is 0 Å². The van der Waals surface area contributed by atoms with Gasteiger partial charge in [-0.05, 0) is 0 Å². The molecule has 1 fully saturated rings. The largest absolute Gasteiger partial charge is 0.394 e. The molecule has 102 valence electrons. The zero-order chi connectivity index (χ0) is 13.4. The second-order valence-corrected chi connectivity index (χ2v) is 6.60. The van der Waals surface area contributed by atoms with E-state index in [1.54, 1.807) is 5.96 Å². The minimum atomic E-state index is -1.18. The summed E-state index contributed by atoms with van der Waals surface area (Å²) in [4.78, 5) is 13.9. The van der Waals surface area contributed by atoms with Crippen molar-refractivity contribution in [3.05, 3.63) is 0 Å². The summed E-state index contributed by atoms with van der Waals surface area (Å²) in [5.74, 6) is -0.258. The van der Waals surface area contributed by atoms with Crippen LogP contribution in [0.1, 0.15) is 0 Å². The number of aliphatic hydroxyl groups excluding tert-OH is 3. The van der Waals surface area contributed by atoms with Crippen molar-refractivity contribution in [3.8, 4) is 0 Å². The molecule has 2 aliphatic rings. The van der Waals surface area contributed by atoms with Gasteiger partial charge in [-0.3, -0.25) is 4.79 Å². The summed E-state index contributed by atoms with van der Waals surface area (Å²) in [6.45, 7) is -0.389. The molecule has 0 aromatic carbocycles. The fraction of sp³-hybridized carbons (Fsp3) is 0.778. The van der Waals surface area contributed by atoms with Crippen LogP contribution in [0, 0.1) is 0 Å². The molecule has 2 heterocycles. The Hall–Kier alpha value is -0.630. The minimum absolute atomic E-state index is 0.389. The molecule has 3 unspecified atom stereocenters. The first kappa shape index (κ1) is 13.8. The lowest BCUT2D eigenvalue weighted by Gasteiger charge is -2.22. The molecular formula is C9H17N3O5P+. The van der Waals surface area contributed by atoms with Crippen LogP contribution in [0.25, 0.3) is 0 Å². The number of hydrogen-bond donors (Lipinski definition) is 6. The zero-order valence-corrected chi connectivity index (χ0v) is 10.4. The van der Waals surface area contributed by atoms with Crippen molar-refractivity contribution in [1.82, 2.24) is 0 Å². The Labute approximate surface area is 104 Å². The molecular weight excluding hydrogens is 261 g/mol. The Morgan fingerprint density at radius 2 is 2.11 bits per heavy atom. The maximum absolute atomic E-state index is 11.1. The smallest absolute Gasteiger partial charge is 0.288 e. The van der Waals surface area contributed by atoms with Crippen LogP contribution in [0.2, 0.25) is 0 Å². The molecule has 8 N–H and O–H groups in total. The number of primary amides is 1. The highest BCUT2D eigenvalue weighted by atomic mass is 31.1. The first-order valence-corrected chi connectivity index (χ1v) is 7.06. The number of ether oxygens (including phenoxy) is 1. The van der Waals surface area contributed by atoms with Gasteiger partial charge in [0.25, 0.3) is 5.91 Å². The lowest BCUT2D eigenvalue weighted by Crippen LogP contribution is -2.80. The molecule has 0 aliphatic carbocycles. The number of carbonyl (C=O) groups excluding carboxylic acids is 1. The summed E-state index contributed by atoms with van der Waals surface area (Å²) in [6, 6.07) is -0.697. The van der Waals surface area contributed by atoms with Crippen LogP contribution in [-0.2, 0) is 9.53 Å². The van der Waals surface area contributed by atoms with E-state index >= 15 is 0 Å². The van der Waals surface area contributed by atoms with Gasteiger partial charge in [0, 0.05) is 7.92 Å². The molecule has 0 aromatic rings. The van der Waals surface area contributed by atoms with E-state index in [-0.39, 0.29) is 6.61 Å². The van der Waals surface area contributed by atoms with Gasteiger partial charge in [-0.2, -0.15) is 0 Å². The van der Waals surface area contributed by atoms with Gasteiger partial charge in [0.15, 0.2) is 5.96 Å². The molecule has 0 bridgehead atoms. The van der Waals surface area contributed by atoms with E-state index in [1.165, 1.54) is 0 Å². The molecule has 2 aliphatic heterocycles. The van der Waals surface area contributed by atoms with Crippen LogP contribution in [0.4, 0.5) is 0 Å². The standard InChI is InChI=1S/C9H16N3O5P/c10-7(16)4-8(11)18(2-12-4)9-6(15)5(14)3(1-13)17-9/h2-6,8-9,13-15H,1,11H2,(H2,10,16)/p+1/t3-,4?,5-,6-,8?,9+,18?/m1/s1. The Balaban J connectivity index is 2.10. The summed E-state index contributed by atoms with van der Waals surface area (Å²) in [5.41, 5.74) is 11.1. The summed E-state index contributed by atoms with van der Waals surface area (Å²) < 4.78 is 5.39. The number of amides is 1. The van der Waals surface area contributed by atoms with Gasteiger partial charge in [-0.15, -0.1) is 0 Å². The molecule has 1 saturated heterocycles. The van der Waals surface area contributed by atoms with Crippen LogP contribution >= 0.6 is 7.92 Å². The Morgan fingerprint density at radius 1 is 1.44 bits per heavy atom. The fourth-order valence-corrected chi connectivity index (χ4v) is 4.54. The molecule has 7 atom stereocenters. The van der Waals surface area contributed by atoms with Crippen LogP contribution in [0.3, 0.4) is 0 Å². The molecule has 0 spiro atoms. The van der Waals surface area contributed by atoms with Gasteiger partial charge < -0.3 is 31.5 Å². The van der Waals surface area contributed by atoms with Gasteiger partial charge in [-0.25, -0.2) is 4.99 Å². The predicted molar refractivity (Wildman–Crippen MR) is 62.7 cm³/mol. The van der Waals surface area contributed by atoms with Crippen LogP contribution < -0.4 is 16.5 Å². The number of carbonyl (C=O) groups is 1. The van der Waals surface area contributed by atoms with Crippen LogP contribution in [-0.4, -0.2) is 69.8 Å². The molecule has 0 saturated carbocycles. The monoisotopic (exact) mass is 278 g/mol. The molecule has 0 aromatic heterocycles.